The Kier molecular flexibility index (Phi) is 7.43. The molecule has 0 bridgehead atoms. The Balaban J connectivity index is 3.39. The number of allylic oxidation sites excluding steroid dienone is 2. The van der Waals surface area contributed by atoms with Crippen molar-refractivity contribution in [1.82, 2.24) is 0 Å². The first-order valence-electron chi connectivity index (χ1n) is 7.49. The fourth-order valence-electron chi connectivity index (χ4n) is 2.20. The van der Waals surface area contributed by atoms with Gasteiger partial charge in [0.2, 0.25) is 0 Å². The molecule has 0 amide bonds. The molecule has 0 radical (unpaired) electrons. The zero-order chi connectivity index (χ0) is 20.0. The van der Waals surface area contributed by atoms with Crippen molar-refractivity contribution in [2.24, 2.45) is 0 Å². The van der Waals surface area contributed by atoms with E-state index in [2.05, 4.69) is 22.1 Å². The average molecular weight is 392 g/mol. The molecule has 0 saturated heterocycles. The maximum Gasteiger partial charge on any atom is 0.534 e. The van der Waals surface area contributed by atoms with E-state index in [-0.39, 0.29) is 36.8 Å². The summed E-state index contributed by atoms with van der Waals surface area (Å²) in [4.78, 5) is 11.3. The van der Waals surface area contributed by atoms with Crippen LogP contribution in [0.25, 0.3) is 0 Å². The molecule has 26 heavy (non-hydrogen) atoms. The maximum absolute atomic E-state index is 12.7. The predicted octanol–water partition coefficient (Wildman–Crippen LogP) is 3.48. The van der Waals surface area contributed by atoms with Gasteiger partial charge in [-0.05, 0) is 24.8 Å². The van der Waals surface area contributed by atoms with Gasteiger partial charge in [-0.25, -0.2) is 0 Å². The third-order valence-electron chi connectivity index (χ3n) is 3.35. The minimum Gasteiger partial charge on any atom is -0.469 e. The number of carbonyl (C=O) groups is 1. The Bertz CT molecular complexity index is 751. The summed E-state index contributed by atoms with van der Waals surface area (Å²) < 4.78 is 69.8. The molecule has 0 N–H and O–H groups in total. The minimum atomic E-state index is -5.82. The number of rotatable bonds is 9. The lowest BCUT2D eigenvalue weighted by atomic mass is 9.97. The summed E-state index contributed by atoms with van der Waals surface area (Å²) in [5, 5.41) is 0. The van der Waals surface area contributed by atoms with Crippen LogP contribution in [0.4, 0.5) is 13.2 Å². The second kappa shape index (κ2) is 8.88. The lowest BCUT2D eigenvalue weighted by Crippen LogP contribution is -2.28. The Morgan fingerprint density at radius 3 is 2.04 bits per heavy atom. The molecule has 0 spiro atoms. The molecule has 0 fully saturated rings. The molecule has 0 unspecified atom stereocenters. The van der Waals surface area contributed by atoms with E-state index in [4.69, 9.17) is 0 Å². The first-order chi connectivity index (χ1) is 12.1. The molecule has 0 atom stereocenters. The molecule has 1 rings (SSSR count). The van der Waals surface area contributed by atoms with Gasteiger partial charge in [0.15, 0.2) is 0 Å². The van der Waals surface area contributed by atoms with Crippen LogP contribution in [-0.4, -0.2) is 27.0 Å². The Morgan fingerprint density at radius 2 is 1.65 bits per heavy atom. The molecule has 0 saturated carbocycles. The highest BCUT2D eigenvalue weighted by Crippen LogP contribution is 2.33. The number of alkyl halides is 3. The fraction of sp³-hybridized carbons (Fsp3) is 0.353. The van der Waals surface area contributed by atoms with E-state index in [0.29, 0.717) is 5.56 Å². The van der Waals surface area contributed by atoms with E-state index >= 15 is 0 Å². The number of esters is 1. The van der Waals surface area contributed by atoms with Gasteiger partial charge in [-0.1, -0.05) is 24.3 Å². The highest BCUT2D eigenvalue weighted by Gasteiger charge is 2.49. The number of hydrogen-bond acceptors (Lipinski definition) is 5. The summed E-state index contributed by atoms with van der Waals surface area (Å²) in [6.45, 7) is 7.03. The highest BCUT2D eigenvalue weighted by atomic mass is 32.2. The molecule has 0 aliphatic heterocycles. The smallest absolute Gasteiger partial charge is 0.469 e. The summed E-state index contributed by atoms with van der Waals surface area (Å²) in [6, 6.07) is 2.97. The molecule has 0 aromatic heterocycles. The van der Waals surface area contributed by atoms with E-state index in [1.165, 1.54) is 31.4 Å². The van der Waals surface area contributed by atoms with Crippen molar-refractivity contribution in [2.75, 3.05) is 7.11 Å². The molecule has 0 aliphatic carbocycles. The van der Waals surface area contributed by atoms with Gasteiger partial charge in [0.1, 0.15) is 5.75 Å². The van der Waals surface area contributed by atoms with Crippen LogP contribution in [0, 0.1) is 0 Å². The number of halogens is 3. The van der Waals surface area contributed by atoms with Crippen molar-refractivity contribution >= 4 is 16.1 Å². The number of ether oxygens (including phenoxy) is 1. The quantitative estimate of drug-likeness (QED) is 0.279. The van der Waals surface area contributed by atoms with Gasteiger partial charge in [-0.3, -0.25) is 4.79 Å². The van der Waals surface area contributed by atoms with Gasteiger partial charge in [0.05, 0.1) is 7.11 Å². The monoisotopic (exact) mass is 392 g/mol. The predicted molar refractivity (Wildman–Crippen MR) is 90.2 cm³/mol. The molecule has 5 nitrogen and oxygen atoms in total. The second-order valence-electron chi connectivity index (χ2n) is 5.29. The van der Waals surface area contributed by atoms with Crippen LogP contribution in [0.3, 0.4) is 0 Å². The van der Waals surface area contributed by atoms with Crippen LogP contribution >= 0.6 is 0 Å². The molecule has 144 valence electrons. The highest BCUT2D eigenvalue weighted by molar-refractivity contribution is 7.88. The topological polar surface area (TPSA) is 69.7 Å². The molecule has 1 aromatic rings. The minimum absolute atomic E-state index is 0.0681. The largest absolute Gasteiger partial charge is 0.534 e. The van der Waals surface area contributed by atoms with Crippen LogP contribution in [0.1, 0.15) is 23.1 Å². The van der Waals surface area contributed by atoms with Gasteiger partial charge < -0.3 is 8.92 Å². The van der Waals surface area contributed by atoms with Crippen molar-refractivity contribution in [2.45, 2.75) is 31.2 Å². The molecular weight excluding hydrogens is 373 g/mol. The van der Waals surface area contributed by atoms with Crippen LogP contribution in [-0.2, 0) is 38.9 Å². The normalized spacial score (nSPS) is 11.7. The standard InChI is InChI=1S/C17H19F3O5S/c1-4-6-13-10-12(8-9-15(21)24-3)11-14(7-5-2)16(13)25-26(22,23)17(18,19)20/h4-5,10-11H,1-2,6-9H2,3H3. The zero-order valence-corrected chi connectivity index (χ0v) is 15.0. The van der Waals surface area contributed by atoms with E-state index in [9.17, 15) is 26.4 Å². The summed E-state index contributed by atoms with van der Waals surface area (Å²) in [5.41, 5.74) is -4.49. The number of aryl methyl sites for hydroxylation is 1. The first-order valence-corrected chi connectivity index (χ1v) is 8.90. The Hall–Kier alpha value is -2.29. The van der Waals surface area contributed by atoms with Gasteiger partial charge in [-0.2, -0.15) is 21.6 Å². The van der Waals surface area contributed by atoms with Crippen molar-refractivity contribution in [1.29, 1.82) is 0 Å². The number of hydrogen-bond donors (Lipinski definition) is 0. The van der Waals surface area contributed by atoms with Crippen molar-refractivity contribution in [3.05, 3.63) is 54.1 Å². The number of methoxy groups -OCH3 is 1. The van der Waals surface area contributed by atoms with Crippen LogP contribution in [0.2, 0.25) is 0 Å². The number of carbonyl (C=O) groups excluding carboxylic acids is 1. The maximum atomic E-state index is 12.7. The lowest BCUT2D eigenvalue weighted by Gasteiger charge is -2.17. The Labute approximate surface area is 150 Å². The molecule has 1 aromatic carbocycles. The zero-order valence-electron chi connectivity index (χ0n) is 14.1. The van der Waals surface area contributed by atoms with E-state index < -0.39 is 27.3 Å². The van der Waals surface area contributed by atoms with Gasteiger partial charge >= 0.3 is 21.6 Å². The van der Waals surface area contributed by atoms with E-state index in [1.807, 2.05) is 0 Å². The van der Waals surface area contributed by atoms with E-state index in [0.717, 1.165) is 0 Å². The van der Waals surface area contributed by atoms with Crippen molar-refractivity contribution < 1.29 is 35.3 Å². The van der Waals surface area contributed by atoms with Crippen LogP contribution < -0.4 is 4.18 Å². The summed E-state index contributed by atoms with van der Waals surface area (Å²) in [7, 11) is -4.57. The molecule has 0 aliphatic rings. The third kappa shape index (κ3) is 5.62. The summed E-state index contributed by atoms with van der Waals surface area (Å²) in [6.07, 6.45) is 3.32. The van der Waals surface area contributed by atoms with Crippen molar-refractivity contribution in [3.8, 4) is 5.75 Å². The van der Waals surface area contributed by atoms with Crippen LogP contribution in [0.15, 0.2) is 37.4 Å². The molecule has 0 heterocycles. The van der Waals surface area contributed by atoms with E-state index in [1.54, 1.807) is 0 Å². The van der Waals surface area contributed by atoms with Gasteiger partial charge in [0, 0.05) is 17.5 Å². The lowest BCUT2D eigenvalue weighted by molar-refractivity contribution is -0.140. The average Bonchev–Trinajstić information content (AvgIpc) is 2.54. The van der Waals surface area contributed by atoms with Crippen molar-refractivity contribution in [3.63, 3.8) is 0 Å². The fourth-order valence-corrected chi connectivity index (χ4v) is 2.73. The molecular formula is C17H19F3O5S. The third-order valence-corrected chi connectivity index (χ3v) is 4.31. The summed E-state index contributed by atoms with van der Waals surface area (Å²) >= 11 is 0. The second-order valence-corrected chi connectivity index (χ2v) is 6.83. The first kappa shape index (κ1) is 21.8. The number of benzene rings is 1. The van der Waals surface area contributed by atoms with Gasteiger partial charge in [0.25, 0.3) is 0 Å². The molecule has 9 heteroatoms. The van der Waals surface area contributed by atoms with Crippen LogP contribution in [0.5, 0.6) is 5.75 Å². The summed E-state index contributed by atoms with van der Waals surface area (Å²) in [5.74, 6) is -0.843. The van der Waals surface area contributed by atoms with Gasteiger partial charge in [-0.15, -0.1) is 13.2 Å². The Morgan fingerprint density at radius 1 is 1.15 bits per heavy atom. The SMILES string of the molecule is C=CCc1cc(CCC(=O)OC)cc(CC=C)c1OS(=O)(=O)C(F)(F)F.